The number of benzene rings is 6. The third-order valence-electron chi connectivity index (χ3n) is 8.89. The fourth-order valence-corrected chi connectivity index (χ4v) is 8.28. The van der Waals surface area contributed by atoms with Gasteiger partial charge in [0.15, 0.2) is 11.5 Å². The van der Waals surface area contributed by atoms with Gasteiger partial charge in [-0.15, -0.1) is 20.5 Å². The molecule has 6 aromatic carbocycles. The van der Waals surface area contributed by atoms with Crippen LogP contribution in [0.4, 0.5) is 45.5 Å². The van der Waals surface area contributed by atoms with Crippen molar-refractivity contribution >= 4 is 119 Å². The molecule has 6 aromatic rings. The number of phenolic OH excluding ortho intramolecular Hbond substituents is 4. The third-order valence-corrected chi connectivity index (χ3v) is 12.3. The van der Waals surface area contributed by atoms with E-state index in [0.29, 0.717) is 24.3 Å². The average molecular weight is 1110 g/mol. The third kappa shape index (κ3) is 12.9. The molecule has 0 aliphatic heterocycles. The van der Waals surface area contributed by atoms with Crippen molar-refractivity contribution in [1.82, 2.24) is 0 Å². The molecule has 0 aromatic heterocycles. The van der Waals surface area contributed by atoms with E-state index in [1.165, 1.54) is 50.2 Å². The van der Waals surface area contributed by atoms with Crippen LogP contribution in [0.3, 0.4) is 0 Å². The fraction of sp³-hybridized carbons (Fsp3) is 0.0556. The number of carbonyl (C=O) groups is 2. The molecule has 35 heteroatoms. The molecule has 0 unspecified atom stereocenters. The number of phenols is 4. The number of nitro benzene ring substituents is 2. The molecule has 0 heterocycles. The van der Waals surface area contributed by atoms with Gasteiger partial charge in [0.2, 0.25) is 23.3 Å². The Bertz CT molecular complexity index is 3580. The Balaban J connectivity index is 0. The minimum absolute atomic E-state index is 0. The fourth-order valence-electron chi connectivity index (χ4n) is 5.93. The number of carbonyl (C=O) groups excluding carboxylic acids is 2. The first-order chi connectivity index (χ1) is 32.2. The van der Waals surface area contributed by atoms with E-state index in [1.807, 2.05) is 0 Å². The summed E-state index contributed by atoms with van der Waals surface area (Å²) in [5, 5.41) is 82.4. The maximum atomic E-state index is 11.9. The molecular formula is C36H33CrN8O22S4+5. The van der Waals surface area contributed by atoms with Crippen LogP contribution in [0.2, 0.25) is 0 Å². The van der Waals surface area contributed by atoms with Gasteiger partial charge < -0.3 is 31.1 Å². The Hall–Kier alpha value is -7.85. The van der Waals surface area contributed by atoms with E-state index < -0.39 is 139 Å². The second kappa shape index (κ2) is 20.6. The molecule has 0 bridgehead atoms. The van der Waals surface area contributed by atoms with Crippen LogP contribution >= 0.6 is 0 Å². The zero-order valence-corrected chi connectivity index (χ0v) is 39.5. The Morgan fingerprint density at radius 2 is 0.831 bits per heavy atom. The first-order valence-electron chi connectivity index (χ1n) is 18.1. The first-order valence-corrected chi connectivity index (χ1v) is 23.9. The van der Waals surface area contributed by atoms with Gasteiger partial charge in [-0.3, -0.25) is 48.0 Å². The van der Waals surface area contributed by atoms with Gasteiger partial charge in [0, 0.05) is 65.5 Å². The average Bonchev–Trinajstić information content (AvgIpc) is 3.22. The zero-order valence-electron chi connectivity index (χ0n) is 39.9. The van der Waals surface area contributed by atoms with Gasteiger partial charge in [-0.2, -0.15) is 33.7 Å². The summed E-state index contributed by atoms with van der Waals surface area (Å²) in [6.45, 7) is 2.44. The number of hydrogen-bond donors (Lipinski definition) is 10. The number of hydrogen-bond acceptors (Lipinski definition) is 22. The monoisotopic (exact) mass is 1110 g/mol. The molecule has 30 nitrogen and oxygen atoms in total. The van der Waals surface area contributed by atoms with Gasteiger partial charge >= 0.3 is 18.5 Å². The molecule has 10 N–H and O–H groups in total. The zero-order chi connectivity index (χ0) is 52.6. The van der Waals surface area contributed by atoms with Crippen LogP contribution in [-0.4, -0.2) is 94.0 Å². The summed E-state index contributed by atoms with van der Waals surface area (Å²) in [5.41, 5.74) is -5.47. The summed E-state index contributed by atoms with van der Waals surface area (Å²) < 4.78 is 131. The number of nitrogens with one attached hydrogen (secondary N) is 2. The number of anilines is 2. The smallest absolute Gasteiger partial charge is 0.505 e. The molecule has 0 saturated heterocycles. The number of rotatable bonds is 12. The maximum absolute atomic E-state index is 11.9. The van der Waals surface area contributed by atoms with Crippen molar-refractivity contribution in [2.45, 2.75) is 33.4 Å². The molecule has 0 aliphatic carbocycles. The molecule has 374 valence electrons. The van der Waals surface area contributed by atoms with E-state index in [4.69, 9.17) is 0 Å². The molecule has 71 heavy (non-hydrogen) atoms. The molecule has 0 spiro atoms. The van der Waals surface area contributed by atoms with E-state index in [0.717, 1.165) is 12.1 Å². The quantitative estimate of drug-likeness (QED) is 0.0266. The molecule has 0 atom stereocenters. The second-order valence-electron chi connectivity index (χ2n) is 13.8. The maximum Gasteiger partial charge on any atom is 1.00 e. The summed E-state index contributed by atoms with van der Waals surface area (Å²) >= 11 is 0. The Morgan fingerprint density at radius 3 is 1.10 bits per heavy atom. The molecule has 0 radical (unpaired) electrons. The molecule has 6 rings (SSSR count). The van der Waals surface area contributed by atoms with Crippen molar-refractivity contribution in [3.8, 4) is 23.0 Å². The van der Waals surface area contributed by atoms with E-state index in [-0.39, 0.29) is 57.4 Å². The van der Waals surface area contributed by atoms with E-state index in [1.54, 1.807) is 0 Å². The summed E-state index contributed by atoms with van der Waals surface area (Å²) in [7, 11) is -20.1. The summed E-state index contributed by atoms with van der Waals surface area (Å²) in [6.07, 6.45) is 0. The Labute approximate surface area is 414 Å². The number of fused-ring (bicyclic) bond motifs is 2. The SMILES string of the molecule is CC(=O)Nc1ccc2cc(S(=O)(=O)O)c(N=Nc3cc(S(=O)(=O)O)cc([N+](=O)[O-])c3O)c(O)c2c1.CC(=O)Nc1ccc2cc(S(=O)(=O)O)c(N=Nc3cc(S(=O)(=O)O)cc([N+](=O)[O-])c3O)c(O)c2c1.[Cr].[H+].[H+].[H+].[H+].[H+]. The van der Waals surface area contributed by atoms with Crippen molar-refractivity contribution in [3.05, 3.63) is 93.0 Å². The van der Waals surface area contributed by atoms with Crippen LogP contribution < -0.4 is 10.6 Å². The first kappa shape index (κ1) is 55.7. The number of azo groups is 2. The van der Waals surface area contributed by atoms with Crippen molar-refractivity contribution in [1.29, 1.82) is 0 Å². The van der Waals surface area contributed by atoms with E-state index in [9.17, 15) is 102 Å². The van der Waals surface area contributed by atoms with Crippen LogP contribution in [0, 0.1) is 20.2 Å². The molecule has 0 saturated carbocycles. The van der Waals surface area contributed by atoms with Crippen LogP contribution in [0.15, 0.2) is 113 Å². The minimum Gasteiger partial charge on any atom is -0.505 e. The summed E-state index contributed by atoms with van der Waals surface area (Å²) in [5.74, 6) is -4.99. The van der Waals surface area contributed by atoms with Gasteiger partial charge in [0.05, 0.1) is 9.85 Å². The molecule has 0 aliphatic rings. The number of amides is 2. The largest absolute Gasteiger partial charge is 1.00 e. The second-order valence-corrected chi connectivity index (χ2v) is 19.4. The van der Waals surface area contributed by atoms with Crippen LogP contribution in [0.1, 0.15) is 21.0 Å². The van der Waals surface area contributed by atoms with Crippen molar-refractivity contribution < 1.29 is 116 Å². The van der Waals surface area contributed by atoms with E-state index >= 15 is 0 Å². The van der Waals surface area contributed by atoms with Crippen molar-refractivity contribution in [2.75, 3.05) is 10.6 Å². The predicted octanol–water partition coefficient (Wildman–Crippen LogP) is 6.61. The number of nitrogens with zero attached hydrogens (tertiary/aromatic N) is 6. The summed E-state index contributed by atoms with van der Waals surface area (Å²) in [6, 6.07) is 11.4. The van der Waals surface area contributed by atoms with Gasteiger partial charge in [0.1, 0.15) is 42.3 Å². The van der Waals surface area contributed by atoms with Crippen molar-refractivity contribution in [2.24, 2.45) is 20.5 Å². The number of nitro groups is 2. The minimum atomic E-state index is -5.03. The van der Waals surface area contributed by atoms with E-state index in [2.05, 4.69) is 31.1 Å². The molecule has 0 fully saturated rings. The van der Waals surface area contributed by atoms with Crippen LogP contribution in [0.5, 0.6) is 23.0 Å². The van der Waals surface area contributed by atoms with Gasteiger partial charge in [-0.05, 0) is 59.3 Å². The van der Waals surface area contributed by atoms with Crippen molar-refractivity contribution in [3.63, 3.8) is 0 Å². The topological polar surface area (TPSA) is 492 Å². The van der Waals surface area contributed by atoms with Gasteiger partial charge in [0.25, 0.3) is 40.5 Å². The Morgan fingerprint density at radius 1 is 0.507 bits per heavy atom. The predicted molar refractivity (Wildman–Crippen MR) is 243 cm³/mol. The van der Waals surface area contributed by atoms with Gasteiger partial charge in [-0.25, -0.2) is 0 Å². The van der Waals surface area contributed by atoms with Crippen LogP contribution in [0.25, 0.3) is 21.5 Å². The standard InChI is InChI=1S/2C18H14N4O11S2.Cr/c2*1-8(23)19-10-3-2-9-4-15(35(31,32)33)16(17(24)12(9)5-10)21-20-13-6-11(34(28,29)30)7-14(18(13)25)22(26)27;/h2*2-7,24-25H,1H3,(H,19,23)(H,28,29,30)(H,31,32,33);/p+5. The number of aromatic hydroxyl groups is 4. The normalized spacial score (nSPS) is 12.0. The Kier molecular flexibility index (Phi) is 16.2. The molecule has 2 amide bonds. The van der Waals surface area contributed by atoms with Crippen LogP contribution in [-0.2, 0) is 67.4 Å². The van der Waals surface area contributed by atoms with Gasteiger partial charge in [-0.1, -0.05) is 12.1 Å². The molecular weight excluding hydrogens is 1080 g/mol. The summed E-state index contributed by atoms with van der Waals surface area (Å²) in [4.78, 5) is 38.6.